The van der Waals surface area contributed by atoms with E-state index >= 15 is 0 Å². The van der Waals surface area contributed by atoms with Crippen LogP contribution < -0.4 is 0 Å². The van der Waals surface area contributed by atoms with Crippen LogP contribution in [0.1, 0.15) is 38.2 Å². The Bertz CT molecular complexity index is 562. The number of aliphatic hydroxyl groups is 1. The van der Waals surface area contributed by atoms with Gasteiger partial charge in [0.2, 0.25) is 5.76 Å². The first kappa shape index (κ1) is 16.1. The van der Waals surface area contributed by atoms with Crippen molar-refractivity contribution in [1.29, 1.82) is 0 Å². The molecule has 1 unspecified atom stereocenters. The van der Waals surface area contributed by atoms with Crippen molar-refractivity contribution in [2.24, 2.45) is 0 Å². The van der Waals surface area contributed by atoms with E-state index in [1.165, 1.54) is 0 Å². The summed E-state index contributed by atoms with van der Waals surface area (Å²) in [5.74, 6) is -1.44. The van der Waals surface area contributed by atoms with Crippen molar-refractivity contribution in [3.8, 4) is 0 Å². The number of unbranched alkanes of at least 4 members (excludes halogenated alkanes) is 1. The van der Waals surface area contributed by atoms with Crippen LogP contribution in [0.25, 0.3) is 5.57 Å². The molecule has 1 aliphatic heterocycles. The van der Waals surface area contributed by atoms with Gasteiger partial charge < -0.3 is 14.6 Å². The van der Waals surface area contributed by atoms with E-state index in [1.807, 2.05) is 25.1 Å². The molecule has 1 aromatic carbocycles. The zero-order valence-electron chi connectivity index (χ0n) is 12.6. The van der Waals surface area contributed by atoms with Crippen LogP contribution in [0.2, 0.25) is 0 Å². The largest absolute Gasteiger partial charge is 0.502 e. The molecular formula is C17H20O5. The lowest BCUT2D eigenvalue weighted by Crippen LogP contribution is -2.15. The quantitative estimate of drug-likeness (QED) is 0.619. The van der Waals surface area contributed by atoms with Crippen LogP contribution >= 0.6 is 0 Å². The zero-order chi connectivity index (χ0) is 15.9. The number of cyclic esters (lactones) is 1. The SMILES string of the molecule is CCCCOC(=O)CCC1OC(=O)C(O)=C1c1ccccc1. The van der Waals surface area contributed by atoms with Crippen LogP contribution in [-0.2, 0) is 19.1 Å². The second-order valence-corrected chi connectivity index (χ2v) is 5.13. The molecule has 1 aliphatic rings. The summed E-state index contributed by atoms with van der Waals surface area (Å²) in [6.45, 7) is 2.43. The third kappa shape index (κ3) is 3.87. The van der Waals surface area contributed by atoms with Crippen LogP contribution in [0.5, 0.6) is 0 Å². The van der Waals surface area contributed by atoms with Crippen molar-refractivity contribution in [2.75, 3.05) is 6.61 Å². The Hall–Kier alpha value is -2.30. The van der Waals surface area contributed by atoms with Crippen molar-refractivity contribution in [3.63, 3.8) is 0 Å². The lowest BCUT2D eigenvalue weighted by Gasteiger charge is -2.13. The number of hydrogen-bond acceptors (Lipinski definition) is 5. The van der Waals surface area contributed by atoms with Gasteiger partial charge in [-0.2, -0.15) is 0 Å². The summed E-state index contributed by atoms with van der Waals surface area (Å²) in [5.41, 5.74) is 1.15. The average Bonchev–Trinajstić information content (AvgIpc) is 2.81. The molecular weight excluding hydrogens is 284 g/mol. The van der Waals surface area contributed by atoms with Crippen LogP contribution in [0.3, 0.4) is 0 Å². The van der Waals surface area contributed by atoms with E-state index in [4.69, 9.17) is 9.47 Å². The van der Waals surface area contributed by atoms with Crippen molar-refractivity contribution in [2.45, 2.75) is 38.7 Å². The summed E-state index contributed by atoms with van der Waals surface area (Å²) in [4.78, 5) is 23.2. The molecule has 0 saturated heterocycles. The lowest BCUT2D eigenvalue weighted by molar-refractivity contribution is -0.147. The molecule has 0 bridgehead atoms. The first-order valence-electron chi connectivity index (χ1n) is 7.48. The normalized spacial score (nSPS) is 17.5. The summed E-state index contributed by atoms with van der Waals surface area (Å²) in [5, 5.41) is 9.91. The van der Waals surface area contributed by atoms with Gasteiger partial charge in [0.15, 0.2) is 0 Å². The van der Waals surface area contributed by atoms with Gasteiger partial charge >= 0.3 is 11.9 Å². The van der Waals surface area contributed by atoms with Gasteiger partial charge in [0.05, 0.1) is 6.61 Å². The first-order chi connectivity index (χ1) is 10.6. The highest BCUT2D eigenvalue weighted by molar-refractivity contribution is 6.00. The van der Waals surface area contributed by atoms with E-state index < -0.39 is 12.1 Å². The fraction of sp³-hybridized carbons (Fsp3) is 0.412. The zero-order valence-corrected chi connectivity index (χ0v) is 12.6. The number of ether oxygens (including phenoxy) is 2. The molecule has 0 saturated carbocycles. The van der Waals surface area contributed by atoms with Gasteiger partial charge in [-0.25, -0.2) is 4.79 Å². The van der Waals surface area contributed by atoms with Crippen LogP contribution in [-0.4, -0.2) is 29.8 Å². The molecule has 5 nitrogen and oxygen atoms in total. The third-order valence-electron chi connectivity index (χ3n) is 3.48. The van der Waals surface area contributed by atoms with E-state index in [9.17, 15) is 14.7 Å². The van der Waals surface area contributed by atoms with Gasteiger partial charge in [0, 0.05) is 12.0 Å². The number of esters is 2. The van der Waals surface area contributed by atoms with Crippen LogP contribution in [0.4, 0.5) is 0 Å². The Balaban J connectivity index is 1.99. The summed E-state index contributed by atoms with van der Waals surface area (Å²) >= 11 is 0. The Morgan fingerprint density at radius 3 is 2.73 bits per heavy atom. The fourth-order valence-corrected chi connectivity index (χ4v) is 2.30. The van der Waals surface area contributed by atoms with E-state index in [0.717, 1.165) is 18.4 Å². The van der Waals surface area contributed by atoms with Gasteiger partial charge in [-0.05, 0) is 18.4 Å². The topological polar surface area (TPSA) is 72.8 Å². The highest BCUT2D eigenvalue weighted by Crippen LogP contribution is 2.32. The number of benzene rings is 1. The van der Waals surface area contributed by atoms with Gasteiger partial charge in [-0.1, -0.05) is 43.7 Å². The molecule has 0 fully saturated rings. The Kier molecular flexibility index (Phi) is 5.58. The highest BCUT2D eigenvalue weighted by atomic mass is 16.6. The third-order valence-corrected chi connectivity index (χ3v) is 3.48. The minimum Gasteiger partial charge on any atom is -0.502 e. The maximum absolute atomic E-state index is 11.6. The molecule has 22 heavy (non-hydrogen) atoms. The maximum atomic E-state index is 11.6. The van der Waals surface area contributed by atoms with Gasteiger partial charge in [0.25, 0.3) is 0 Å². The summed E-state index contributed by atoms with van der Waals surface area (Å²) < 4.78 is 10.2. The molecule has 0 spiro atoms. The van der Waals surface area contributed by atoms with Crippen molar-refractivity contribution in [3.05, 3.63) is 41.7 Å². The van der Waals surface area contributed by atoms with Crippen LogP contribution in [0, 0.1) is 0 Å². The Morgan fingerprint density at radius 1 is 1.32 bits per heavy atom. The second-order valence-electron chi connectivity index (χ2n) is 5.13. The van der Waals surface area contributed by atoms with Gasteiger partial charge in [-0.15, -0.1) is 0 Å². The number of hydrogen-bond donors (Lipinski definition) is 1. The number of carbonyl (C=O) groups is 2. The lowest BCUT2D eigenvalue weighted by atomic mass is 9.97. The summed E-state index contributed by atoms with van der Waals surface area (Å²) in [6.07, 6.45) is 1.62. The minimum absolute atomic E-state index is 0.144. The molecule has 5 heteroatoms. The molecule has 0 aromatic heterocycles. The molecule has 0 radical (unpaired) electrons. The molecule has 0 aliphatic carbocycles. The molecule has 1 N–H and O–H groups in total. The molecule has 2 rings (SSSR count). The number of carbonyl (C=O) groups excluding carboxylic acids is 2. The summed E-state index contributed by atoms with van der Waals surface area (Å²) in [7, 11) is 0. The molecule has 1 aromatic rings. The van der Waals surface area contributed by atoms with Crippen molar-refractivity contribution >= 4 is 17.5 Å². The van der Waals surface area contributed by atoms with E-state index in [0.29, 0.717) is 18.6 Å². The minimum atomic E-state index is -0.747. The van der Waals surface area contributed by atoms with Crippen LogP contribution in [0.15, 0.2) is 36.1 Å². The smallest absolute Gasteiger partial charge is 0.374 e. The first-order valence-corrected chi connectivity index (χ1v) is 7.48. The highest BCUT2D eigenvalue weighted by Gasteiger charge is 2.35. The standard InChI is InChI=1S/C17H20O5/c1-2-3-11-21-14(18)10-9-13-15(16(19)17(20)22-13)12-7-5-4-6-8-12/h4-8,13,19H,2-3,9-11H2,1H3. The van der Waals surface area contributed by atoms with E-state index in [1.54, 1.807) is 12.1 Å². The predicted octanol–water partition coefficient (Wildman–Crippen LogP) is 3.00. The summed E-state index contributed by atoms with van der Waals surface area (Å²) in [6, 6.07) is 9.06. The van der Waals surface area contributed by atoms with E-state index in [-0.39, 0.29) is 18.1 Å². The fourth-order valence-electron chi connectivity index (χ4n) is 2.30. The van der Waals surface area contributed by atoms with Gasteiger partial charge in [-0.3, -0.25) is 4.79 Å². The number of aliphatic hydroxyl groups excluding tert-OH is 1. The predicted molar refractivity (Wildman–Crippen MR) is 81.0 cm³/mol. The second kappa shape index (κ2) is 7.64. The number of rotatable bonds is 7. The van der Waals surface area contributed by atoms with Crippen molar-refractivity contribution < 1.29 is 24.2 Å². The van der Waals surface area contributed by atoms with Gasteiger partial charge in [0.1, 0.15) is 6.10 Å². The Morgan fingerprint density at radius 2 is 2.05 bits per heavy atom. The Labute approximate surface area is 129 Å². The van der Waals surface area contributed by atoms with E-state index in [2.05, 4.69) is 0 Å². The molecule has 1 heterocycles. The molecule has 1 atom stereocenters. The monoisotopic (exact) mass is 304 g/mol. The van der Waals surface area contributed by atoms with Crippen molar-refractivity contribution in [1.82, 2.24) is 0 Å². The molecule has 0 amide bonds. The molecule has 118 valence electrons. The average molecular weight is 304 g/mol. The maximum Gasteiger partial charge on any atom is 0.374 e.